The molecule has 0 unspecified atom stereocenters. The zero-order chi connectivity index (χ0) is 11.1. The molecule has 0 spiro atoms. The van der Waals surface area contributed by atoms with Crippen LogP contribution in [0.3, 0.4) is 0 Å². The van der Waals surface area contributed by atoms with E-state index in [2.05, 4.69) is 10.6 Å². The Labute approximate surface area is 81.2 Å². The van der Waals surface area contributed by atoms with E-state index in [4.69, 9.17) is 11.5 Å². The highest BCUT2D eigenvalue weighted by Gasteiger charge is 2.14. The lowest BCUT2D eigenvalue weighted by Gasteiger charge is -2.12. The minimum atomic E-state index is -0.731. The molecule has 0 rings (SSSR count). The number of rotatable bonds is 5. The van der Waals surface area contributed by atoms with Crippen molar-refractivity contribution >= 4 is 17.7 Å². The highest BCUT2D eigenvalue weighted by molar-refractivity contribution is 5.90. The van der Waals surface area contributed by atoms with Gasteiger partial charge in [0.15, 0.2) is 0 Å². The summed E-state index contributed by atoms with van der Waals surface area (Å²) in [6, 6.07) is -0.731. The minimum absolute atomic E-state index is 0.187. The number of hydrogen-bond donors (Lipinski definition) is 4. The van der Waals surface area contributed by atoms with Crippen molar-refractivity contribution in [3.05, 3.63) is 0 Å². The lowest BCUT2D eigenvalue weighted by atomic mass is 10.3. The van der Waals surface area contributed by atoms with Gasteiger partial charge in [-0.25, -0.2) is 0 Å². The number of carbonyl (C=O) groups is 3. The van der Waals surface area contributed by atoms with E-state index < -0.39 is 23.8 Å². The van der Waals surface area contributed by atoms with Gasteiger partial charge in [0.25, 0.3) is 0 Å². The van der Waals surface area contributed by atoms with E-state index in [1.54, 1.807) is 0 Å². The third-order valence-corrected chi connectivity index (χ3v) is 1.39. The molecular formula is C7H14N4O3. The van der Waals surface area contributed by atoms with Crippen molar-refractivity contribution in [2.24, 2.45) is 11.5 Å². The van der Waals surface area contributed by atoms with E-state index in [0.29, 0.717) is 0 Å². The number of carbonyl (C=O) groups excluding carboxylic acids is 3. The molecule has 7 heteroatoms. The average Bonchev–Trinajstić information content (AvgIpc) is 2.13. The van der Waals surface area contributed by atoms with Crippen molar-refractivity contribution in [1.29, 1.82) is 0 Å². The van der Waals surface area contributed by atoms with Crippen molar-refractivity contribution in [3.63, 3.8) is 0 Å². The van der Waals surface area contributed by atoms with Gasteiger partial charge in [-0.2, -0.15) is 0 Å². The zero-order valence-corrected chi connectivity index (χ0v) is 7.87. The van der Waals surface area contributed by atoms with Crippen molar-refractivity contribution < 1.29 is 14.4 Å². The van der Waals surface area contributed by atoms with Crippen molar-refractivity contribution in [1.82, 2.24) is 10.6 Å². The predicted octanol–water partition coefficient (Wildman–Crippen LogP) is -2.95. The van der Waals surface area contributed by atoms with Crippen LogP contribution in [-0.2, 0) is 14.4 Å². The van der Waals surface area contributed by atoms with Crippen LogP contribution >= 0.6 is 0 Å². The highest BCUT2D eigenvalue weighted by atomic mass is 16.2. The van der Waals surface area contributed by atoms with Gasteiger partial charge in [0.05, 0.1) is 13.1 Å². The minimum Gasteiger partial charge on any atom is -0.368 e. The average molecular weight is 202 g/mol. The maximum atomic E-state index is 11.1. The van der Waals surface area contributed by atoms with Crippen LogP contribution in [0.25, 0.3) is 0 Å². The van der Waals surface area contributed by atoms with Crippen LogP contribution in [0.15, 0.2) is 0 Å². The molecule has 0 aliphatic carbocycles. The molecule has 0 bridgehead atoms. The summed E-state index contributed by atoms with van der Waals surface area (Å²) in [4.78, 5) is 32.2. The fraction of sp³-hybridized carbons (Fsp3) is 0.571. The van der Waals surface area contributed by atoms with E-state index in [9.17, 15) is 14.4 Å². The third-order valence-electron chi connectivity index (χ3n) is 1.39. The Morgan fingerprint density at radius 3 is 2.36 bits per heavy atom. The quantitative estimate of drug-likeness (QED) is 0.380. The molecule has 0 fully saturated rings. The Kier molecular flexibility index (Phi) is 5.23. The fourth-order valence-electron chi connectivity index (χ4n) is 0.693. The number of nitrogens with two attached hydrogens (primary N) is 2. The Morgan fingerprint density at radius 2 is 1.93 bits per heavy atom. The van der Waals surface area contributed by atoms with Crippen LogP contribution in [-0.4, -0.2) is 36.9 Å². The number of nitrogens with one attached hydrogen (secondary N) is 2. The van der Waals surface area contributed by atoms with E-state index in [1.807, 2.05) is 0 Å². The van der Waals surface area contributed by atoms with Crippen LogP contribution in [0.1, 0.15) is 6.92 Å². The van der Waals surface area contributed by atoms with Gasteiger partial charge in [-0.1, -0.05) is 0 Å². The number of primary amides is 1. The van der Waals surface area contributed by atoms with Gasteiger partial charge in [0.2, 0.25) is 17.7 Å². The number of amides is 3. The molecule has 1 atom stereocenters. The van der Waals surface area contributed by atoms with Crippen molar-refractivity contribution in [2.75, 3.05) is 13.1 Å². The molecule has 0 aliphatic rings. The van der Waals surface area contributed by atoms with Crippen LogP contribution in [0.5, 0.6) is 0 Å². The van der Waals surface area contributed by atoms with E-state index in [-0.39, 0.29) is 13.1 Å². The summed E-state index contributed by atoms with van der Waals surface area (Å²) in [5.74, 6) is -1.56. The van der Waals surface area contributed by atoms with Gasteiger partial charge in [0, 0.05) is 0 Å². The molecule has 0 saturated carbocycles. The Bertz CT molecular complexity index is 241. The SMILES string of the molecule is C[C@@H](NC(=O)CN)C(=O)NCC(N)=O. The van der Waals surface area contributed by atoms with Gasteiger partial charge >= 0.3 is 0 Å². The van der Waals surface area contributed by atoms with E-state index in [1.165, 1.54) is 6.92 Å². The maximum absolute atomic E-state index is 11.1. The smallest absolute Gasteiger partial charge is 0.242 e. The molecule has 0 saturated heterocycles. The molecule has 0 heterocycles. The highest BCUT2D eigenvalue weighted by Crippen LogP contribution is 1.80. The first-order valence-electron chi connectivity index (χ1n) is 4.02. The Morgan fingerprint density at radius 1 is 1.36 bits per heavy atom. The first kappa shape index (κ1) is 12.4. The first-order valence-corrected chi connectivity index (χ1v) is 4.02. The Balaban J connectivity index is 3.87. The van der Waals surface area contributed by atoms with Gasteiger partial charge in [0.1, 0.15) is 6.04 Å². The lowest BCUT2D eigenvalue weighted by Crippen LogP contribution is -2.48. The summed E-state index contributed by atoms with van der Waals surface area (Å²) < 4.78 is 0. The van der Waals surface area contributed by atoms with Gasteiger partial charge in [-0.05, 0) is 6.92 Å². The van der Waals surface area contributed by atoms with Crippen LogP contribution < -0.4 is 22.1 Å². The third kappa shape index (κ3) is 5.09. The van der Waals surface area contributed by atoms with Gasteiger partial charge in [-0.15, -0.1) is 0 Å². The summed E-state index contributed by atoms with van der Waals surface area (Å²) in [5.41, 5.74) is 9.83. The molecule has 0 aromatic rings. The first-order chi connectivity index (χ1) is 6.47. The summed E-state index contributed by atoms with van der Waals surface area (Å²) in [5, 5.41) is 4.57. The second-order valence-electron chi connectivity index (χ2n) is 2.68. The molecule has 14 heavy (non-hydrogen) atoms. The zero-order valence-electron chi connectivity index (χ0n) is 7.87. The summed E-state index contributed by atoms with van der Waals surface area (Å²) in [6.45, 7) is 1.04. The molecule has 0 radical (unpaired) electrons. The summed E-state index contributed by atoms with van der Waals surface area (Å²) in [6.07, 6.45) is 0. The second kappa shape index (κ2) is 5.92. The predicted molar refractivity (Wildman–Crippen MR) is 48.9 cm³/mol. The van der Waals surface area contributed by atoms with Crippen molar-refractivity contribution in [3.8, 4) is 0 Å². The molecule has 0 aliphatic heterocycles. The monoisotopic (exact) mass is 202 g/mol. The van der Waals surface area contributed by atoms with E-state index >= 15 is 0 Å². The second-order valence-corrected chi connectivity index (χ2v) is 2.68. The Hall–Kier alpha value is -1.63. The largest absolute Gasteiger partial charge is 0.368 e. The molecule has 0 aromatic heterocycles. The molecule has 0 aromatic carbocycles. The molecule has 80 valence electrons. The number of hydrogen-bond acceptors (Lipinski definition) is 4. The van der Waals surface area contributed by atoms with Crippen molar-refractivity contribution in [2.45, 2.75) is 13.0 Å². The maximum Gasteiger partial charge on any atom is 0.242 e. The van der Waals surface area contributed by atoms with Gasteiger partial charge in [-0.3, -0.25) is 14.4 Å². The van der Waals surface area contributed by atoms with E-state index in [0.717, 1.165) is 0 Å². The van der Waals surface area contributed by atoms with Gasteiger partial charge < -0.3 is 22.1 Å². The molecule has 6 N–H and O–H groups in total. The molecule has 3 amide bonds. The summed E-state index contributed by atoms with van der Waals surface area (Å²) in [7, 11) is 0. The summed E-state index contributed by atoms with van der Waals surface area (Å²) >= 11 is 0. The standard InChI is InChI=1S/C7H14N4O3/c1-4(11-6(13)2-8)7(14)10-3-5(9)12/h4H,2-3,8H2,1H3,(H2,9,12)(H,10,14)(H,11,13)/t4-/m1/s1. The van der Waals surface area contributed by atoms with Crippen LogP contribution in [0.4, 0.5) is 0 Å². The normalized spacial score (nSPS) is 11.6. The molecule has 7 nitrogen and oxygen atoms in total. The lowest BCUT2D eigenvalue weighted by molar-refractivity contribution is -0.129. The topological polar surface area (TPSA) is 127 Å². The molecular weight excluding hydrogens is 188 g/mol. The van der Waals surface area contributed by atoms with Crippen LogP contribution in [0.2, 0.25) is 0 Å². The van der Waals surface area contributed by atoms with Crippen LogP contribution in [0, 0.1) is 0 Å². The fourth-order valence-corrected chi connectivity index (χ4v) is 0.693.